The molecular weight excluding hydrogens is 488 g/mol. The predicted octanol–water partition coefficient (Wildman–Crippen LogP) is 1.50. The largest absolute Gasteiger partial charge is 0.492 e. The minimum atomic E-state index is -1.25. The molecule has 38 heavy (non-hydrogen) atoms. The maximum absolute atomic E-state index is 12.6. The van der Waals surface area contributed by atoms with Crippen molar-refractivity contribution in [1.29, 1.82) is 0 Å². The molecule has 2 aromatic carbocycles. The number of urea groups is 1. The Morgan fingerprint density at radius 3 is 2.39 bits per heavy atom. The van der Waals surface area contributed by atoms with E-state index in [1.165, 1.54) is 7.11 Å². The van der Waals surface area contributed by atoms with Crippen LogP contribution in [0, 0.1) is 6.92 Å². The van der Waals surface area contributed by atoms with Gasteiger partial charge in [-0.2, -0.15) is 0 Å². The summed E-state index contributed by atoms with van der Waals surface area (Å²) in [6.45, 7) is 6.61. The smallest absolute Gasteiger partial charge is 0.317 e. The number of hydrogen-bond donors (Lipinski definition) is 2. The Labute approximate surface area is 224 Å². The molecule has 2 aliphatic rings. The normalized spacial score (nSPS) is 20.2. The second-order valence-electron chi connectivity index (χ2n) is 10.00. The van der Waals surface area contributed by atoms with Gasteiger partial charge in [0, 0.05) is 46.4 Å². The average Bonchev–Trinajstić information content (AvgIpc) is 3.23. The average molecular weight is 527 g/mol. The fourth-order valence-electron chi connectivity index (χ4n) is 4.70. The van der Waals surface area contributed by atoms with E-state index < -0.39 is 5.60 Å². The minimum absolute atomic E-state index is 0.0290. The number of β-amino-alcohol motifs (C(OH)–C–C–N with tert-alkyl or cyclic N) is 1. The van der Waals surface area contributed by atoms with Crippen LogP contribution in [0.25, 0.3) is 0 Å². The van der Waals surface area contributed by atoms with Crippen molar-refractivity contribution in [1.82, 2.24) is 20.0 Å². The van der Waals surface area contributed by atoms with Crippen LogP contribution in [-0.4, -0.2) is 110 Å². The molecule has 2 N–H and O–H groups in total. The molecule has 0 radical (unpaired) electrons. The zero-order chi connectivity index (χ0) is 27.0. The minimum Gasteiger partial charge on any atom is -0.492 e. The van der Waals surface area contributed by atoms with E-state index in [1.54, 1.807) is 9.80 Å². The van der Waals surface area contributed by atoms with Crippen LogP contribution in [0.2, 0.25) is 0 Å². The number of rotatable bonds is 11. The quantitative estimate of drug-likeness (QED) is 0.457. The molecule has 0 bridgehead atoms. The molecule has 4 rings (SSSR count). The van der Waals surface area contributed by atoms with Gasteiger partial charge >= 0.3 is 6.03 Å². The van der Waals surface area contributed by atoms with Crippen molar-refractivity contribution < 1.29 is 28.9 Å². The standard InChI is InChI=1S/C28H38N4O6/c1-22-3-7-25(8-4-22)38-21-28(35)19-30(13-14-32(20-28)26(33)18-36-2)17-23-5-9-24(10-6-23)37-16-15-31-12-11-29-27(31)34/h3-10,35H,11-21H2,1-2H3,(H,29,34)/t28-/m1/s1. The summed E-state index contributed by atoms with van der Waals surface area (Å²) in [5, 5.41) is 14.4. The van der Waals surface area contributed by atoms with Gasteiger partial charge in [0.2, 0.25) is 5.91 Å². The number of hydrogen-bond acceptors (Lipinski definition) is 7. The van der Waals surface area contributed by atoms with Gasteiger partial charge in [-0.3, -0.25) is 9.69 Å². The van der Waals surface area contributed by atoms with Crippen molar-refractivity contribution in [3.8, 4) is 11.5 Å². The van der Waals surface area contributed by atoms with Crippen LogP contribution in [0.1, 0.15) is 11.1 Å². The van der Waals surface area contributed by atoms with Gasteiger partial charge in [-0.1, -0.05) is 29.8 Å². The van der Waals surface area contributed by atoms with E-state index in [0.29, 0.717) is 58.2 Å². The van der Waals surface area contributed by atoms with E-state index in [-0.39, 0.29) is 31.7 Å². The van der Waals surface area contributed by atoms with Crippen LogP contribution in [0.15, 0.2) is 48.5 Å². The van der Waals surface area contributed by atoms with E-state index in [1.807, 2.05) is 55.5 Å². The molecule has 2 fully saturated rings. The SMILES string of the molecule is COCC(=O)N1CCN(Cc2ccc(OCCN3CCNC3=O)cc2)C[C@](O)(COc2ccc(C)cc2)C1. The summed E-state index contributed by atoms with van der Waals surface area (Å²) in [5.74, 6) is 1.26. The Balaban J connectivity index is 1.36. The van der Waals surface area contributed by atoms with Crippen LogP contribution >= 0.6 is 0 Å². The lowest BCUT2D eigenvalue weighted by molar-refractivity contribution is -0.138. The van der Waals surface area contributed by atoms with E-state index >= 15 is 0 Å². The zero-order valence-corrected chi connectivity index (χ0v) is 22.2. The molecule has 2 heterocycles. The fraction of sp³-hybridized carbons (Fsp3) is 0.500. The van der Waals surface area contributed by atoms with E-state index in [2.05, 4.69) is 10.2 Å². The number of aliphatic hydroxyl groups is 1. The molecule has 0 aromatic heterocycles. The highest BCUT2D eigenvalue weighted by Crippen LogP contribution is 2.21. The monoisotopic (exact) mass is 526 g/mol. The van der Waals surface area contributed by atoms with Crippen LogP contribution in [0.5, 0.6) is 11.5 Å². The van der Waals surface area contributed by atoms with Crippen LogP contribution in [-0.2, 0) is 16.1 Å². The Hall–Kier alpha value is -3.34. The first kappa shape index (κ1) is 27.7. The lowest BCUT2D eigenvalue weighted by Gasteiger charge is -2.33. The lowest BCUT2D eigenvalue weighted by atomic mass is 10.0. The summed E-state index contributed by atoms with van der Waals surface area (Å²) in [6.07, 6.45) is 0. The first-order valence-electron chi connectivity index (χ1n) is 13.0. The third kappa shape index (κ3) is 7.83. The number of benzene rings is 2. The third-order valence-corrected chi connectivity index (χ3v) is 6.74. The van der Waals surface area contributed by atoms with Crippen LogP contribution in [0.3, 0.4) is 0 Å². The van der Waals surface area contributed by atoms with Gasteiger partial charge < -0.3 is 34.4 Å². The number of amides is 3. The second kappa shape index (κ2) is 12.9. The van der Waals surface area contributed by atoms with Crippen molar-refractivity contribution in [2.45, 2.75) is 19.1 Å². The molecule has 2 aliphatic heterocycles. The van der Waals surface area contributed by atoms with Crippen molar-refractivity contribution >= 4 is 11.9 Å². The summed E-state index contributed by atoms with van der Waals surface area (Å²) < 4.78 is 16.8. The molecule has 0 aliphatic carbocycles. The maximum atomic E-state index is 12.6. The van der Waals surface area contributed by atoms with Crippen molar-refractivity contribution in [3.63, 3.8) is 0 Å². The summed E-state index contributed by atoms with van der Waals surface area (Å²) in [4.78, 5) is 29.8. The van der Waals surface area contributed by atoms with Gasteiger partial charge in [-0.25, -0.2) is 4.79 Å². The molecular formula is C28H38N4O6. The molecule has 2 aromatic rings. The number of ether oxygens (including phenoxy) is 3. The first-order chi connectivity index (χ1) is 18.3. The van der Waals surface area contributed by atoms with Crippen molar-refractivity contribution in [3.05, 3.63) is 59.7 Å². The van der Waals surface area contributed by atoms with Crippen molar-refractivity contribution in [2.24, 2.45) is 0 Å². The molecule has 10 nitrogen and oxygen atoms in total. The van der Waals surface area contributed by atoms with Gasteiger partial charge in [0.05, 0.1) is 13.1 Å². The second-order valence-corrected chi connectivity index (χ2v) is 10.00. The van der Waals surface area contributed by atoms with Crippen molar-refractivity contribution in [2.75, 3.05) is 72.7 Å². The zero-order valence-electron chi connectivity index (χ0n) is 22.2. The Morgan fingerprint density at radius 2 is 1.71 bits per heavy atom. The molecule has 2 saturated heterocycles. The van der Waals surface area contributed by atoms with Gasteiger partial charge in [0.1, 0.15) is 36.9 Å². The molecule has 0 unspecified atom stereocenters. The number of nitrogens with zero attached hydrogens (tertiary/aromatic N) is 3. The Bertz CT molecular complexity index is 1060. The Morgan fingerprint density at radius 1 is 1.00 bits per heavy atom. The summed E-state index contributed by atoms with van der Waals surface area (Å²) in [6, 6.07) is 15.5. The number of methoxy groups -OCH3 is 1. The number of nitrogens with one attached hydrogen (secondary N) is 1. The van der Waals surface area contributed by atoms with Gasteiger partial charge in [-0.15, -0.1) is 0 Å². The highest BCUT2D eigenvalue weighted by molar-refractivity contribution is 5.77. The summed E-state index contributed by atoms with van der Waals surface area (Å²) in [5.41, 5.74) is 0.939. The third-order valence-electron chi connectivity index (χ3n) is 6.74. The number of aryl methyl sites for hydroxylation is 1. The lowest BCUT2D eigenvalue weighted by Crippen LogP contribution is -2.52. The number of carbonyl (C=O) groups is 2. The Kier molecular flexibility index (Phi) is 9.43. The highest BCUT2D eigenvalue weighted by atomic mass is 16.5. The van der Waals surface area contributed by atoms with E-state index in [9.17, 15) is 14.7 Å². The molecule has 10 heteroatoms. The molecule has 1 atom stereocenters. The summed E-state index contributed by atoms with van der Waals surface area (Å²) in [7, 11) is 1.49. The van der Waals surface area contributed by atoms with Crippen LogP contribution in [0.4, 0.5) is 4.79 Å². The highest BCUT2D eigenvalue weighted by Gasteiger charge is 2.37. The molecule has 3 amide bonds. The van der Waals surface area contributed by atoms with E-state index in [4.69, 9.17) is 14.2 Å². The maximum Gasteiger partial charge on any atom is 0.317 e. The first-order valence-corrected chi connectivity index (χ1v) is 13.0. The van der Waals surface area contributed by atoms with E-state index in [0.717, 1.165) is 16.9 Å². The molecule has 0 saturated carbocycles. The predicted molar refractivity (Wildman–Crippen MR) is 142 cm³/mol. The number of carbonyl (C=O) groups excluding carboxylic acids is 2. The van der Waals surface area contributed by atoms with Gasteiger partial charge in [0.25, 0.3) is 0 Å². The van der Waals surface area contributed by atoms with Gasteiger partial charge in [0.15, 0.2) is 0 Å². The van der Waals surface area contributed by atoms with Gasteiger partial charge in [-0.05, 0) is 36.8 Å². The molecule has 206 valence electrons. The van der Waals surface area contributed by atoms with Crippen LogP contribution < -0.4 is 14.8 Å². The molecule has 0 spiro atoms. The summed E-state index contributed by atoms with van der Waals surface area (Å²) >= 11 is 0. The topological polar surface area (TPSA) is 104 Å². The fourth-order valence-corrected chi connectivity index (χ4v) is 4.70.